The average molecular weight is 346 g/mol. The Labute approximate surface area is 127 Å². The zero-order valence-corrected chi connectivity index (χ0v) is 13.6. The van der Waals surface area contributed by atoms with Crippen molar-refractivity contribution in [2.24, 2.45) is 0 Å². The van der Waals surface area contributed by atoms with E-state index in [4.69, 9.17) is 14.6 Å². The lowest BCUT2D eigenvalue weighted by Gasteiger charge is -2.18. The molecule has 0 heterocycles. The van der Waals surface area contributed by atoms with Crippen molar-refractivity contribution in [1.82, 2.24) is 4.90 Å². The minimum Gasteiger partial charge on any atom is -0.493 e. The molecule has 0 fully saturated rings. The second kappa shape index (κ2) is 8.11. The largest absolute Gasteiger partial charge is 0.493 e. The maximum absolute atomic E-state index is 10.5. The van der Waals surface area contributed by atoms with Crippen LogP contribution in [0, 0.1) is 0 Å². The lowest BCUT2D eigenvalue weighted by Crippen LogP contribution is -2.20. The first-order chi connectivity index (χ1) is 9.47. The van der Waals surface area contributed by atoms with E-state index in [1.807, 2.05) is 19.2 Å². The molecule has 0 aliphatic rings. The van der Waals surface area contributed by atoms with Gasteiger partial charge in [-0.2, -0.15) is 0 Å². The van der Waals surface area contributed by atoms with Gasteiger partial charge < -0.3 is 19.5 Å². The average Bonchev–Trinajstić information content (AvgIpc) is 2.40. The highest BCUT2D eigenvalue weighted by atomic mass is 79.9. The van der Waals surface area contributed by atoms with Gasteiger partial charge in [0, 0.05) is 17.4 Å². The Morgan fingerprint density at radius 1 is 1.30 bits per heavy atom. The van der Waals surface area contributed by atoms with E-state index in [1.54, 1.807) is 14.2 Å². The smallest absolute Gasteiger partial charge is 0.303 e. The molecule has 6 heteroatoms. The number of carbonyl (C=O) groups is 1. The monoisotopic (exact) mass is 345 g/mol. The highest BCUT2D eigenvalue weighted by Gasteiger charge is 2.11. The Balaban J connectivity index is 2.69. The summed E-state index contributed by atoms with van der Waals surface area (Å²) < 4.78 is 11.5. The van der Waals surface area contributed by atoms with Gasteiger partial charge in [0.2, 0.25) is 0 Å². The van der Waals surface area contributed by atoms with E-state index in [2.05, 4.69) is 20.8 Å². The second-order valence-corrected chi connectivity index (χ2v) is 5.39. The maximum atomic E-state index is 10.5. The fourth-order valence-electron chi connectivity index (χ4n) is 1.89. The maximum Gasteiger partial charge on any atom is 0.303 e. The molecular formula is C14H20BrNO4. The van der Waals surface area contributed by atoms with Crippen LogP contribution >= 0.6 is 15.9 Å². The van der Waals surface area contributed by atoms with E-state index in [0.717, 1.165) is 16.6 Å². The standard InChI is InChI=1S/C14H20BrNO4/c1-16(6-4-5-14(17)18)9-10-7-12(19-2)13(20-3)8-11(10)15/h7-8H,4-6,9H2,1-3H3,(H,17,18). The molecule has 1 rings (SSSR count). The third-order valence-electron chi connectivity index (χ3n) is 2.92. The highest BCUT2D eigenvalue weighted by molar-refractivity contribution is 9.10. The number of hydrogen-bond donors (Lipinski definition) is 1. The lowest BCUT2D eigenvalue weighted by atomic mass is 10.2. The molecule has 0 spiro atoms. The lowest BCUT2D eigenvalue weighted by molar-refractivity contribution is -0.137. The zero-order valence-electron chi connectivity index (χ0n) is 12.0. The summed E-state index contributed by atoms with van der Waals surface area (Å²) in [6.07, 6.45) is 0.828. The first kappa shape index (κ1) is 16.8. The predicted octanol–water partition coefficient (Wildman–Crippen LogP) is 2.76. The number of hydrogen-bond acceptors (Lipinski definition) is 4. The molecule has 112 valence electrons. The van der Waals surface area contributed by atoms with Crippen molar-refractivity contribution in [3.63, 3.8) is 0 Å². The molecule has 1 N–H and O–H groups in total. The molecule has 0 unspecified atom stereocenters. The molecular weight excluding hydrogens is 326 g/mol. The van der Waals surface area contributed by atoms with Crippen LogP contribution in [0.15, 0.2) is 16.6 Å². The number of nitrogens with zero attached hydrogens (tertiary/aromatic N) is 1. The normalized spacial score (nSPS) is 10.7. The summed E-state index contributed by atoms with van der Waals surface area (Å²) in [6.45, 7) is 1.44. The molecule has 20 heavy (non-hydrogen) atoms. The van der Waals surface area contributed by atoms with Gasteiger partial charge >= 0.3 is 5.97 Å². The molecule has 0 saturated heterocycles. The summed E-state index contributed by atoms with van der Waals surface area (Å²) in [6, 6.07) is 3.80. The first-order valence-electron chi connectivity index (χ1n) is 6.28. The van der Waals surface area contributed by atoms with Crippen LogP contribution in [0.5, 0.6) is 11.5 Å². The van der Waals surface area contributed by atoms with Gasteiger partial charge in [-0.3, -0.25) is 4.79 Å². The SMILES string of the molecule is COc1cc(Br)c(CN(C)CCCC(=O)O)cc1OC. The van der Waals surface area contributed by atoms with Crippen molar-refractivity contribution >= 4 is 21.9 Å². The molecule has 0 amide bonds. The van der Waals surface area contributed by atoms with Crippen LogP contribution in [0.1, 0.15) is 18.4 Å². The third-order valence-corrected chi connectivity index (χ3v) is 3.66. The molecule has 0 aliphatic carbocycles. The van der Waals surface area contributed by atoms with Gasteiger partial charge in [-0.25, -0.2) is 0 Å². The van der Waals surface area contributed by atoms with Crippen molar-refractivity contribution in [3.05, 3.63) is 22.2 Å². The van der Waals surface area contributed by atoms with Crippen LogP contribution in [0.3, 0.4) is 0 Å². The van der Waals surface area contributed by atoms with Gasteiger partial charge in [0.05, 0.1) is 14.2 Å². The Morgan fingerprint density at radius 3 is 2.45 bits per heavy atom. The molecule has 0 atom stereocenters. The van der Waals surface area contributed by atoms with E-state index >= 15 is 0 Å². The Kier molecular flexibility index (Phi) is 6.81. The van der Waals surface area contributed by atoms with Crippen LogP contribution in [0.25, 0.3) is 0 Å². The summed E-state index contributed by atoms with van der Waals surface area (Å²) in [7, 11) is 5.17. The number of rotatable bonds is 8. The van der Waals surface area contributed by atoms with E-state index < -0.39 is 5.97 Å². The number of benzene rings is 1. The molecule has 1 aromatic carbocycles. The third kappa shape index (κ3) is 5.02. The predicted molar refractivity (Wildman–Crippen MR) is 80.4 cm³/mol. The minimum atomic E-state index is -0.759. The summed E-state index contributed by atoms with van der Waals surface area (Å²) in [5.74, 6) is 0.604. The summed E-state index contributed by atoms with van der Waals surface area (Å²) in [4.78, 5) is 12.6. The number of aliphatic carboxylic acids is 1. The van der Waals surface area contributed by atoms with Crippen molar-refractivity contribution in [3.8, 4) is 11.5 Å². The molecule has 0 radical (unpaired) electrons. The highest BCUT2D eigenvalue weighted by Crippen LogP contribution is 2.33. The van der Waals surface area contributed by atoms with Crippen LogP contribution in [0.2, 0.25) is 0 Å². The van der Waals surface area contributed by atoms with Gasteiger partial charge in [-0.1, -0.05) is 15.9 Å². The summed E-state index contributed by atoms with van der Waals surface area (Å²) in [5.41, 5.74) is 1.07. The number of carboxylic acid groups (broad SMARTS) is 1. The number of halogens is 1. The number of ether oxygens (including phenoxy) is 2. The van der Waals surface area contributed by atoms with E-state index in [-0.39, 0.29) is 6.42 Å². The van der Waals surface area contributed by atoms with E-state index in [0.29, 0.717) is 24.5 Å². The molecule has 5 nitrogen and oxygen atoms in total. The molecule has 0 aromatic heterocycles. The molecule has 1 aromatic rings. The van der Waals surface area contributed by atoms with Crippen molar-refractivity contribution in [2.45, 2.75) is 19.4 Å². The zero-order chi connectivity index (χ0) is 15.1. The quantitative estimate of drug-likeness (QED) is 0.784. The Hall–Kier alpha value is -1.27. The second-order valence-electron chi connectivity index (χ2n) is 4.53. The fraction of sp³-hybridized carbons (Fsp3) is 0.500. The molecule has 0 bridgehead atoms. The van der Waals surface area contributed by atoms with Gasteiger partial charge in [0.25, 0.3) is 0 Å². The fourth-order valence-corrected chi connectivity index (χ4v) is 2.34. The Morgan fingerprint density at radius 2 is 1.90 bits per heavy atom. The van der Waals surface area contributed by atoms with Crippen LogP contribution in [-0.2, 0) is 11.3 Å². The van der Waals surface area contributed by atoms with Crippen LogP contribution in [-0.4, -0.2) is 43.8 Å². The molecule has 0 saturated carbocycles. The van der Waals surface area contributed by atoms with E-state index in [1.165, 1.54) is 0 Å². The van der Waals surface area contributed by atoms with Crippen molar-refractivity contribution in [2.75, 3.05) is 27.8 Å². The van der Waals surface area contributed by atoms with Crippen molar-refractivity contribution < 1.29 is 19.4 Å². The Bertz CT molecular complexity index is 465. The summed E-state index contributed by atoms with van der Waals surface area (Å²) in [5, 5.41) is 8.63. The van der Waals surface area contributed by atoms with Gasteiger partial charge in [0.15, 0.2) is 11.5 Å². The number of methoxy groups -OCH3 is 2. The van der Waals surface area contributed by atoms with Crippen LogP contribution < -0.4 is 9.47 Å². The minimum absolute atomic E-state index is 0.192. The summed E-state index contributed by atoms with van der Waals surface area (Å²) >= 11 is 3.51. The topological polar surface area (TPSA) is 59.0 Å². The first-order valence-corrected chi connectivity index (χ1v) is 7.08. The van der Waals surface area contributed by atoms with Gasteiger partial charge in [-0.05, 0) is 37.7 Å². The number of carboxylic acids is 1. The van der Waals surface area contributed by atoms with Gasteiger partial charge in [-0.15, -0.1) is 0 Å². The molecule has 0 aliphatic heterocycles. The van der Waals surface area contributed by atoms with Crippen LogP contribution in [0.4, 0.5) is 0 Å². The van der Waals surface area contributed by atoms with E-state index in [9.17, 15) is 4.79 Å². The van der Waals surface area contributed by atoms with Crippen molar-refractivity contribution in [1.29, 1.82) is 0 Å². The van der Waals surface area contributed by atoms with Gasteiger partial charge in [0.1, 0.15) is 0 Å².